The van der Waals surface area contributed by atoms with Crippen molar-refractivity contribution in [2.45, 2.75) is 18.4 Å². The highest BCUT2D eigenvalue weighted by molar-refractivity contribution is 7.89. The predicted molar refractivity (Wildman–Crippen MR) is 113 cm³/mol. The van der Waals surface area contributed by atoms with Crippen LogP contribution in [0.15, 0.2) is 65.1 Å². The summed E-state index contributed by atoms with van der Waals surface area (Å²) in [6.07, 6.45) is 1.63. The van der Waals surface area contributed by atoms with Crippen LogP contribution in [0.5, 0.6) is 0 Å². The molecule has 0 saturated carbocycles. The van der Waals surface area contributed by atoms with Crippen LogP contribution >= 0.6 is 0 Å². The fourth-order valence-corrected chi connectivity index (χ4v) is 4.95. The first-order valence-corrected chi connectivity index (χ1v) is 11.0. The number of hydrogen-bond donors (Lipinski definition) is 0. The number of benzene rings is 2. The average molecular weight is 415 g/mol. The fourth-order valence-electron chi connectivity index (χ4n) is 3.32. The Morgan fingerprint density at radius 2 is 1.86 bits per heavy atom. The molecule has 0 amide bonds. The van der Waals surface area contributed by atoms with Gasteiger partial charge in [0, 0.05) is 30.8 Å². The van der Waals surface area contributed by atoms with Gasteiger partial charge in [-0.25, -0.2) is 13.2 Å². The van der Waals surface area contributed by atoms with E-state index in [9.17, 15) is 13.2 Å². The van der Waals surface area contributed by atoms with Crippen LogP contribution < -0.4 is 0 Å². The lowest BCUT2D eigenvalue weighted by molar-refractivity contribution is -0.138. The smallest absolute Gasteiger partial charge is 0.335 e. The van der Waals surface area contributed by atoms with Crippen LogP contribution in [-0.2, 0) is 26.1 Å². The Balaban J connectivity index is 2.00. The van der Waals surface area contributed by atoms with E-state index in [0.717, 1.165) is 11.1 Å². The number of ether oxygens (including phenoxy) is 1. The first kappa shape index (κ1) is 21.2. The van der Waals surface area contributed by atoms with Gasteiger partial charge in [0.1, 0.15) is 0 Å². The van der Waals surface area contributed by atoms with Crippen LogP contribution in [0, 0.1) is 0 Å². The van der Waals surface area contributed by atoms with Gasteiger partial charge < -0.3 is 9.64 Å². The molecule has 6 nitrogen and oxygen atoms in total. The van der Waals surface area contributed by atoms with Crippen molar-refractivity contribution >= 4 is 16.0 Å². The third kappa shape index (κ3) is 4.75. The molecule has 0 bridgehead atoms. The maximum Gasteiger partial charge on any atom is 0.335 e. The van der Waals surface area contributed by atoms with E-state index in [0.29, 0.717) is 17.7 Å². The number of hydrogen-bond acceptors (Lipinski definition) is 5. The number of carbonyl (C=O) groups is 1. The van der Waals surface area contributed by atoms with Crippen LogP contribution in [-0.4, -0.2) is 57.4 Å². The van der Waals surface area contributed by atoms with E-state index in [2.05, 4.69) is 0 Å². The zero-order valence-corrected chi connectivity index (χ0v) is 17.8. The van der Waals surface area contributed by atoms with Gasteiger partial charge in [-0.3, -0.25) is 0 Å². The molecule has 2 aromatic rings. The van der Waals surface area contributed by atoms with Crippen LogP contribution in [0.3, 0.4) is 0 Å². The third-order valence-corrected chi connectivity index (χ3v) is 6.52. The molecule has 1 aliphatic rings. The summed E-state index contributed by atoms with van der Waals surface area (Å²) < 4.78 is 33.4. The van der Waals surface area contributed by atoms with Crippen molar-refractivity contribution in [1.29, 1.82) is 0 Å². The maximum absolute atomic E-state index is 13.5. The lowest BCUT2D eigenvalue weighted by Gasteiger charge is -2.20. The Morgan fingerprint density at radius 3 is 2.52 bits per heavy atom. The SMILES string of the molecule is CCOC(=O)C1=CCN(S(=O)(=O)c2cc(CN(C)C)ccc2-c2ccccc2)C1. The lowest BCUT2D eigenvalue weighted by Crippen LogP contribution is -2.30. The van der Waals surface area contributed by atoms with Crippen LogP contribution in [0.1, 0.15) is 12.5 Å². The summed E-state index contributed by atoms with van der Waals surface area (Å²) in [5.41, 5.74) is 2.77. The number of nitrogens with zero attached hydrogens (tertiary/aromatic N) is 2. The minimum Gasteiger partial charge on any atom is -0.463 e. The van der Waals surface area contributed by atoms with Gasteiger partial charge >= 0.3 is 5.97 Å². The first-order chi connectivity index (χ1) is 13.8. The molecule has 0 spiro atoms. The molecule has 0 unspecified atom stereocenters. The van der Waals surface area contributed by atoms with Crippen molar-refractivity contribution in [2.75, 3.05) is 33.8 Å². The normalized spacial score (nSPS) is 14.8. The summed E-state index contributed by atoms with van der Waals surface area (Å²) >= 11 is 0. The number of rotatable bonds is 7. The highest BCUT2D eigenvalue weighted by Gasteiger charge is 2.32. The van der Waals surface area contributed by atoms with Crippen molar-refractivity contribution < 1.29 is 17.9 Å². The van der Waals surface area contributed by atoms with E-state index in [1.165, 1.54) is 4.31 Å². The molecule has 0 aromatic heterocycles. The molecule has 0 atom stereocenters. The molecule has 0 radical (unpaired) electrons. The molecule has 1 heterocycles. The first-order valence-electron chi connectivity index (χ1n) is 9.52. The van der Waals surface area contributed by atoms with Gasteiger partial charge in [-0.2, -0.15) is 4.31 Å². The second-order valence-electron chi connectivity index (χ2n) is 7.18. The van der Waals surface area contributed by atoms with E-state index in [1.54, 1.807) is 19.1 Å². The monoisotopic (exact) mass is 414 g/mol. The van der Waals surface area contributed by atoms with Crippen LogP contribution in [0.2, 0.25) is 0 Å². The van der Waals surface area contributed by atoms with Gasteiger partial charge in [0.15, 0.2) is 0 Å². The second kappa shape index (κ2) is 8.90. The molecule has 0 N–H and O–H groups in total. The summed E-state index contributed by atoms with van der Waals surface area (Å²) in [6, 6.07) is 15.0. The Hall–Kier alpha value is -2.48. The van der Waals surface area contributed by atoms with E-state index < -0.39 is 16.0 Å². The summed E-state index contributed by atoms with van der Waals surface area (Å²) in [5, 5.41) is 0. The summed E-state index contributed by atoms with van der Waals surface area (Å²) in [4.78, 5) is 14.2. The van der Waals surface area contributed by atoms with Crippen molar-refractivity contribution in [3.63, 3.8) is 0 Å². The maximum atomic E-state index is 13.5. The van der Waals surface area contributed by atoms with Crippen molar-refractivity contribution in [3.05, 3.63) is 65.7 Å². The molecule has 2 aromatic carbocycles. The van der Waals surface area contributed by atoms with Gasteiger partial charge in [-0.1, -0.05) is 48.5 Å². The zero-order valence-electron chi connectivity index (χ0n) is 17.0. The van der Waals surface area contributed by atoms with Gasteiger partial charge in [0.2, 0.25) is 10.0 Å². The molecular weight excluding hydrogens is 388 g/mol. The molecule has 3 rings (SSSR count). The molecule has 7 heteroatoms. The van der Waals surface area contributed by atoms with E-state index in [-0.39, 0.29) is 24.6 Å². The summed E-state index contributed by atoms with van der Waals surface area (Å²) in [5.74, 6) is -0.463. The van der Waals surface area contributed by atoms with Crippen molar-refractivity contribution in [1.82, 2.24) is 9.21 Å². The Labute approximate surface area is 172 Å². The van der Waals surface area contributed by atoms with Gasteiger partial charge in [0.05, 0.1) is 11.5 Å². The molecule has 0 aliphatic carbocycles. The molecule has 0 saturated heterocycles. The van der Waals surface area contributed by atoms with Crippen molar-refractivity contribution in [2.24, 2.45) is 0 Å². The predicted octanol–water partition coefficient (Wildman–Crippen LogP) is 2.91. The summed E-state index contributed by atoms with van der Waals surface area (Å²) in [7, 11) is 0.0773. The molecule has 29 heavy (non-hydrogen) atoms. The molecule has 154 valence electrons. The Bertz CT molecular complexity index is 1010. The van der Waals surface area contributed by atoms with E-state index in [4.69, 9.17) is 4.74 Å². The largest absolute Gasteiger partial charge is 0.463 e. The number of sulfonamides is 1. The summed E-state index contributed by atoms with van der Waals surface area (Å²) in [6.45, 7) is 2.79. The second-order valence-corrected chi connectivity index (χ2v) is 9.09. The highest BCUT2D eigenvalue weighted by Crippen LogP contribution is 2.32. The molecular formula is C22H26N2O4S. The van der Waals surface area contributed by atoms with Crippen LogP contribution in [0.25, 0.3) is 11.1 Å². The lowest BCUT2D eigenvalue weighted by atomic mass is 10.0. The quantitative estimate of drug-likeness (QED) is 0.652. The topological polar surface area (TPSA) is 66.9 Å². The van der Waals surface area contributed by atoms with E-state index >= 15 is 0 Å². The number of carbonyl (C=O) groups excluding carboxylic acids is 1. The standard InChI is InChI=1S/C22H26N2O4S/c1-4-28-22(25)19-12-13-24(16-19)29(26,27)21-14-17(15-23(2)3)10-11-20(21)18-8-6-5-7-9-18/h5-12,14H,4,13,15-16H2,1-3H3. The molecule has 1 aliphatic heterocycles. The van der Waals surface area contributed by atoms with E-state index in [1.807, 2.05) is 61.5 Å². The van der Waals surface area contributed by atoms with Crippen molar-refractivity contribution in [3.8, 4) is 11.1 Å². The zero-order chi connectivity index (χ0) is 21.0. The minimum absolute atomic E-state index is 0.0211. The van der Waals surface area contributed by atoms with Gasteiger partial charge in [-0.05, 0) is 38.2 Å². The molecule has 0 fully saturated rings. The van der Waals surface area contributed by atoms with Gasteiger partial charge in [-0.15, -0.1) is 0 Å². The van der Waals surface area contributed by atoms with Gasteiger partial charge in [0.25, 0.3) is 0 Å². The van der Waals surface area contributed by atoms with Crippen LogP contribution in [0.4, 0.5) is 0 Å². The Morgan fingerprint density at radius 1 is 1.14 bits per heavy atom. The number of esters is 1. The average Bonchev–Trinajstić information content (AvgIpc) is 3.20. The minimum atomic E-state index is -3.80. The Kier molecular flexibility index (Phi) is 6.52. The highest BCUT2D eigenvalue weighted by atomic mass is 32.2. The third-order valence-electron chi connectivity index (χ3n) is 4.67. The fraction of sp³-hybridized carbons (Fsp3) is 0.318.